The maximum absolute atomic E-state index is 11.9. The van der Waals surface area contributed by atoms with E-state index in [0.717, 1.165) is 19.3 Å². The standard InChI is InChI=1S/C11H20ClN3O2S/c1-9(2)6-4-5-7-14-18(16,17)11-10(12)15(3)8-13-11/h8-9,14H,4-7H2,1-3H3. The largest absolute Gasteiger partial charge is 0.324 e. The van der Waals surface area contributed by atoms with E-state index >= 15 is 0 Å². The van der Waals surface area contributed by atoms with Gasteiger partial charge in [0.2, 0.25) is 5.03 Å². The number of aromatic nitrogens is 2. The molecule has 1 rings (SSSR count). The van der Waals surface area contributed by atoms with Crippen LogP contribution < -0.4 is 4.72 Å². The van der Waals surface area contributed by atoms with Gasteiger partial charge in [-0.1, -0.05) is 38.3 Å². The molecule has 7 heteroatoms. The maximum Gasteiger partial charge on any atom is 0.261 e. The fraction of sp³-hybridized carbons (Fsp3) is 0.727. The summed E-state index contributed by atoms with van der Waals surface area (Å²) in [5, 5.41) is 0.0280. The first-order chi connectivity index (χ1) is 8.34. The molecule has 1 heterocycles. The summed E-state index contributed by atoms with van der Waals surface area (Å²) in [7, 11) is -1.93. The lowest BCUT2D eigenvalue weighted by Gasteiger charge is -2.06. The van der Waals surface area contributed by atoms with E-state index in [1.54, 1.807) is 7.05 Å². The molecule has 0 aliphatic rings. The molecule has 0 unspecified atom stereocenters. The maximum atomic E-state index is 11.9. The van der Waals surface area contributed by atoms with Gasteiger partial charge in [-0.25, -0.2) is 18.1 Å². The minimum atomic E-state index is -3.58. The van der Waals surface area contributed by atoms with Gasteiger partial charge in [0, 0.05) is 13.6 Å². The summed E-state index contributed by atoms with van der Waals surface area (Å²) in [5.41, 5.74) is 0. The summed E-state index contributed by atoms with van der Waals surface area (Å²) >= 11 is 5.86. The molecule has 0 atom stereocenters. The van der Waals surface area contributed by atoms with Crippen LogP contribution in [0.15, 0.2) is 11.4 Å². The molecule has 0 bridgehead atoms. The number of unbranched alkanes of at least 4 members (excludes halogenated alkanes) is 1. The number of halogens is 1. The van der Waals surface area contributed by atoms with Gasteiger partial charge in [-0.05, 0) is 12.3 Å². The summed E-state index contributed by atoms with van der Waals surface area (Å²) < 4.78 is 27.8. The highest BCUT2D eigenvalue weighted by Gasteiger charge is 2.21. The van der Waals surface area contributed by atoms with Crippen LogP contribution in [0, 0.1) is 5.92 Å². The van der Waals surface area contributed by atoms with E-state index in [1.165, 1.54) is 10.9 Å². The Bertz CT molecular complexity index is 482. The highest BCUT2D eigenvalue weighted by Crippen LogP contribution is 2.18. The van der Waals surface area contributed by atoms with Crippen molar-refractivity contribution in [2.75, 3.05) is 6.54 Å². The molecule has 0 saturated heterocycles. The van der Waals surface area contributed by atoms with Crippen LogP contribution >= 0.6 is 11.6 Å². The third-order valence-electron chi connectivity index (χ3n) is 2.59. The van der Waals surface area contributed by atoms with Crippen LogP contribution in [-0.4, -0.2) is 24.5 Å². The van der Waals surface area contributed by atoms with Crippen LogP contribution in [-0.2, 0) is 17.1 Å². The predicted molar refractivity (Wildman–Crippen MR) is 72.1 cm³/mol. The van der Waals surface area contributed by atoms with Crippen molar-refractivity contribution in [3.8, 4) is 0 Å². The molecule has 0 amide bonds. The van der Waals surface area contributed by atoms with Gasteiger partial charge in [0.1, 0.15) is 5.15 Å². The lowest BCUT2D eigenvalue weighted by atomic mass is 10.1. The van der Waals surface area contributed by atoms with E-state index in [2.05, 4.69) is 23.6 Å². The highest BCUT2D eigenvalue weighted by atomic mass is 35.5. The monoisotopic (exact) mass is 293 g/mol. The minimum Gasteiger partial charge on any atom is -0.324 e. The van der Waals surface area contributed by atoms with Crippen molar-refractivity contribution in [3.05, 3.63) is 11.5 Å². The van der Waals surface area contributed by atoms with Crippen LogP contribution in [0.3, 0.4) is 0 Å². The third kappa shape index (κ3) is 4.26. The lowest BCUT2D eigenvalue weighted by Crippen LogP contribution is -2.25. The van der Waals surface area contributed by atoms with Crippen molar-refractivity contribution in [1.29, 1.82) is 0 Å². The minimum absolute atomic E-state index is 0.101. The van der Waals surface area contributed by atoms with Crippen molar-refractivity contribution >= 4 is 21.6 Å². The first kappa shape index (κ1) is 15.5. The van der Waals surface area contributed by atoms with Crippen molar-refractivity contribution in [3.63, 3.8) is 0 Å². The van der Waals surface area contributed by atoms with E-state index in [1.807, 2.05) is 0 Å². The molecule has 0 radical (unpaired) electrons. The quantitative estimate of drug-likeness (QED) is 0.784. The Morgan fingerprint density at radius 1 is 1.44 bits per heavy atom. The van der Waals surface area contributed by atoms with Crippen LogP contribution in [0.5, 0.6) is 0 Å². The lowest BCUT2D eigenvalue weighted by molar-refractivity contribution is 0.530. The number of nitrogens with zero attached hydrogens (tertiary/aromatic N) is 2. The average Bonchev–Trinajstić information content (AvgIpc) is 2.59. The SMILES string of the molecule is CC(C)CCCCNS(=O)(=O)c1ncn(C)c1Cl. The number of aryl methyl sites for hydroxylation is 1. The van der Waals surface area contributed by atoms with Crippen molar-refractivity contribution in [2.24, 2.45) is 13.0 Å². The number of hydrogen-bond donors (Lipinski definition) is 1. The molecule has 0 aliphatic carbocycles. The highest BCUT2D eigenvalue weighted by molar-refractivity contribution is 7.89. The Labute approximate surface area is 114 Å². The summed E-state index contributed by atoms with van der Waals surface area (Å²) in [5.74, 6) is 0.645. The zero-order chi connectivity index (χ0) is 13.8. The first-order valence-corrected chi connectivity index (χ1v) is 7.87. The second-order valence-electron chi connectivity index (χ2n) is 4.74. The second kappa shape index (κ2) is 6.54. The Kier molecular flexibility index (Phi) is 5.62. The van der Waals surface area contributed by atoms with Crippen LogP contribution in [0.2, 0.25) is 5.15 Å². The van der Waals surface area contributed by atoms with Gasteiger partial charge in [0.15, 0.2) is 0 Å². The third-order valence-corrected chi connectivity index (χ3v) is 4.54. The van der Waals surface area contributed by atoms with Gasteiger partial charge in [-0.15, -0.1) is 0 Å². The number of nitrogens with one attached hydrogen (secondary N) is 1. The van der Waals surface area contributed by atoms with E-state index in [4.69, 9.17) is 11.6 Å². The molecule has 0 saturated carbocycles. The van der Waals surface area contributed by atoms with Crippen molar-refractivity contribution < 1.29 is 8.42 Å². The molecule has 1 N–H and O–H groups in total. The Balaban J connectivity index is 2.48. The van der Waals surface area contributed by atoms with Crippen molar-refractivity contribution in [2.45, 2.75) is 38.1 Å². The average molecular weight is 294 g/mol. The van der Waals surface area contributed by atoms with Gasteiger partial charge >= 0.3 is 0 Å². The summed E-state index contributed by atoms with van der Waals surface area (Å²) in [6.45, 7) is 4.72. The molecule has 0 aliphatic heterocycles. The molecule has 104 valence electrons. The fourth-order valence-electron chi connectivity index (χ4n) is 1.53. The Hall–Kier alpha value is -0.590. The summed E-state index contributed by atoms with van der Waals surface area (Å²) in [6.07, 6.45) is 4.32. The summed E-state index contributed by atoms with van der Waals surface area (Å²) in [6, 6.07) is 0. The second-order valence-corrected chi connectivity index (χ2v) is 6.78. The molecule has 0 spiro atoms. The fourth-order valence-corrected chi connectivity index (χ4v) is 3.03. The molecule has 0 aromatic carbocycles. The molecular formula is C11H20ClN3O2S. The molecule has 18 heavy (non-hydrogen) atoms. The molecular weight excluding hydrogens is 274 g/mol. The van der Waals surface area contributed by atoms with Gasteiger partial charge in [0.25, 0.3) is 10.0 Å². The zero-order valence-electron chi connectivity index (χ0n) is 11.0. The van der Waals surface area contributed by atoms with Gasteiger partial charge in [0.05, 0.1) is 6.33 Å². The van der Waals surface area contributed by atoms with Crippen LogP contribution in [0.25, 0.3) is 0 Å². The molecule has 1 aromatic rings. The Morgan fingerprint density at radius 2 is 2.11 bits per heavy atom. The summed E-state index contributed by atoms with van der Waals surface area (Å²) in [4.78, 5) is 3.79. The van der Waals surface area contributed by atoms with Crippen LogP contribution in [0.4, 0.5) is 0 Å². The smallest absolute Gasteiger partial charge is 0.261 e. The number of hydrogen-bond acceptors (Lipinski definition) is 3. The van der Waals surface area contributed by atoms with E-state index in [-0.39, 0.29) is 10.2 Å². The molecule has 0 fully saturated rings. The molecule has 5 nitrogen and oxygen atoms in total. The number of sulfonamides is 1. The number of imidazole rings is 1. The van der Waals surface area contributed by atoms with E-state index in [9.17, 15) is 8.42 Å². The van der Waals surface area contributed by atoms with E-state index < -0.39 is 10.0 Å². The zero-order valence-corrected chi connectivity index (χ0v) is 12.6. The molecule has 1 aromatic heterocycles. The van der Waals surface area contributed by atoms with E-state index in [0.29, 0.717) is 12.5 Å². The van der Waals surface area contributed by atoms with Gasteiger partial charge in [-0.3, -0.25) is 0 Å². The van der Waals surface area contributed by atoms with Gasteiger partial charge < -0.3 is 4.57 Å². The Morgan fingerprint density at radius 3 is 2.61 bits per heavy atom. The first-order valence-electron chi connectivity index (χ1n) is 6.01. The number of rotatable bonds is 7. The van der Waals surface area contributed by atoms with Crippen molar-refractivity contribution in [1.82, 2.24) is 14.3 Å². The van der Waals surface area contributed by atoms with Crippen LogP contribution in [0.1, 0.15) is 33.1 Å². The predicted octanol–water partition coefficient (Wildman–Crippen LogP) is 2.18. The van der Waals surface area contributed by atoms with Gasteiger partial charge in [-0.2, -0.15) is 0 Å². The topological polar surface area (TPSA) is 64.0 Å². The normalized spacial score (nSPS) is 12.3.